The van der Waals surface area contributed by atoms with Crippen LogP contribution in [0.5, 0.6) is 0 Å². The van der Waals surface area contributed by atoms with Gasteiger partial charge in [-0.1, -0.05) is 17.8 Å². The van der Waals surface area contributed by atoms with Gasteiger partial charge in [-0.2, -0.15) is 0 Å². The molecule has 0 atom stereocenters. The molecule has 5 nitrogen and oxygen atoms in total. The fraction of sp³-hybridized carbons (Fsp3) is 0.417. The van der Waals surface area contributed by atoms with Crippen LogP contribution >= 0.6 is 11.8 Å². The standard InChI is InChI=1S/C12H14FN5S/c13-10-2-1-8(6-14)9(5-10)7-19-12-15-16-17-18(12)11-3-4-11/h1-2,5,11H,3-4,6-7,14H2. The highest BCUT2D eigenvalue weighted by Crippen LogP contribution is 2.37. The number of hydrogen-bond acceptors (Lipinski definition) is 5. The van der Waals surface area contributed by atoms with Gasteiger partial charge in [0.25, 0.3) is 0 Å². The summed E-state index contributed by atoms with van der Waals surface area (Å²) in [6.45, 7) is 0.406. The van der Waals surface area contributed by atoms with E-state index in [1.165, 1.54) is 23.9 Å². The van der Waals surface area contributed by atoms with Crippen LogP contribution in [0.1, 0.15) is 30.0 Å². The van der Waals surface area contributed by atoms with E-state index in [9.17, 15) is 4.39 Å². The summed E-state index contributed by atoms with van der Waals surface area (Å²) in [5, 5.41) is 12.5. The van der Waals surface area contributed by atoms with Gasteiger partial charge in [-0.05, 0) is 46.5 Å². The quantitative estimate of drug-likeness (QED) is 0.846. The first-order valence-electron chi connectivity index (χ1n) is 6.16. The van der Waals surface area contributed by atoms with Gasteiger partial charge in [0.15, 0.2) is 0 Å². The first-order chi connectivity index (χ1) is 9.28. The minimum absolute atomic E-state index is 0.241. The molecule has 3 rings (SSSR count). The van der Waals surface area contributed by atoms with Gasteiger partial charge in [0.05, 0.1) is 6.04 Å². The molecule has 7 heteroatoms. The Kier molecular flexibility index (Phi) is 3.48. The second kappa shape index (κ2) is 5.26. The molecule has 1 saturated carbocycles. The van der Waals surface area contributed by atoms with Gasteiger partial charge < -0.3 is 5.73 Å². The maximum absolute atomic E-state index is 13.3. The Bertz CT molecular complexity index is 581. The van der Waals surface area contributed by atoms with Crippen molar-refractivity contribution in [1.29, 1.82) is 0 Å². The normalized spacial score (nSPS) is 14.8. The lowest BCUT2D eigenvalue weighted by Gasteiger charge is -2.07. The summed E-state index contributed by atoms with van der Waals surface area (Å²) < 4.78 is 15.1. The van der Waals surface area contributed by atoms with Gasteiger partial charge in [0.2, 0.25) is 5.16 Å². The Hall–Kier alpha value is -1.47. The van der Waals surface area contributed by atoms with Crippen molar-refractivity contribution in [2.24, 2.45) is 5.73 Å². The molecule has 1 heterocycles. The third-order valence-corrected chi connectivity index (χ3v) is 4.08. The number of hydrogen-bond donors (Lipinski definition) is 1. The first-order valence-corrected chi connectivity index (χ1v) is 7.14. The van der Waals surface area contributed by atoms with E-state index in [1.54, 1.807) is 6.07 Å². The molecule has 1 aromatic carbocycles. The third-order valence-electron chi connectivity index (χ3n) is 3.10. The van der Waals surface area contributed by atoms with Crippen LogP contribution in [0.25, 0.3) is 0 Å². The molecule has 0 saturated heterocycles. The summed E-state index contributed by atoms with van der Waals surface area (Å²) >= 11 is 1.52. The van der Waals surface area contributed by atoms with Crippen molar-refractivity contribution in [1.82, 2.24) is 20.2 Å². The van der Waals surface area contributed by atoms with Crippen LogP contribution in [0.4, 0.5) is 4.39 Å². The smallest absolute Gasteiger partial charge is 0.209 e. The van der Waals surface area contributed by atoms with Gasteiger partial charge in [-0.15, -0.1) is 5.10 Å². The van der Waals surface area contributed by atoms with Gasteiger partial charge >= 0.3 is 0 Å². The molecule has 0 unspecified atom stereocenters. The summed E-state index contributed by atoms with van der Waals surface area (Å²) in [6, 6.07) is 5.14. The van der Waals surface area contributed by atoms with E-state index in [0.717, 1.165) is 29.1 Å². The average molecular weight is 279 g/mol. The molecule has 1 aliphatic carbocycles. The molecular formula is C12H14FN5S. The zero-order chi connectivity index (χ0) is 13.2. The zero-order valence-electron chi connectivity index (χ0n) is 10.3. The minimum atomic E-state index is -0.241. The Morgan fingerprint density at radius 1 is 1.37 bits per heavy atom. The Balaban J connectivity index is 1.74. The molecule has 0 amide bonds. The van der Waals surface area contributed by atoms with Crippen molar-refractivity contribution >= 4 is 11.8 Å². The Morgan fingerprint density at radius 2 is 2.21 bits per heavy atom. The van der Waals surface area contributed by atoms with E-state index in [2.05, 4.69) is 15.5 Å². The van der Waals surface area contributed by atoms with Crippen LogP contribution in [0.3, 0.4) is 0 Å². The molecule has 2 aromatic rings. The number of halogens is 1. The summed E-state index contributed by atoms with van der Waals surface area (Å²) in [7, 11) is 0. The molecule has 0 radical (unpaired) electrons. The highest BCUT2D eigenvalue weighted by atomic mass is 32.2. The SMILES string of the molecule is NCc1ccc(F)cc1CSc1nnnn1C1CC1. The third kappa shape index (κ3) is 2.76. The van der Waals surface area contributed by atoms with Gasteiger partial charge in [-0.25, -0.2) is 9.07 Å². The fourth-order valence-electron chi connectivity index (χ4n) is 1.90. The molecule has 1 fully saturated rings. The van der Waals surface area contributed by atoms with Gasteiger partial charge in [0.1, 0.15) is 5.82 Å². The molecule has 0 bridgehead atoms. The van der Waals surface area contributed by atoms with Crippen molar-refractivity contribution in [2.75, 3.05) is 0 Å². The highest BCUT2D eigenvalue weighted by molar-refractivity contribution is 7.98. The van der Waals surface area contributed by atoms with Crippen molar-refractivity contribution in [3.05, 3.63) is 35.1 Å². The van der Waals surface area contributed by atoms with Crippen LogP contribution in [0.15, 0.2) is 23.4 Å². The highest BCUT2D eigenvalue weighted by Gasteiger charge is 2.27. The number of aromatic nitrogens is 4. The lowest BCUT2D eigenvalue weighted by atomic mass is 10.1. The van der Waals surface area contributed by atoms with Crippen LogP contribution in [-0.4, -0.2) is 20.2 Å². The maximum Gasteiger partial charge on any atom is 0.209 e. The van der Waals surface area contributed by atoms with Gasteiger partial charge in [-0.3, -0.25) is 0 Å². The number of nitrogens with two attached hydrogens (primary N) is 1. The summed E-state index contributed by atoms with van der Waals surface area (Å²) in [4.78, 5) is 0. The topological polar surface area (TPSA) is 69.6 Å². The molecule has 100 valence electrons. The van der Waals surface area contributed by atoms with Crippen LogP contribution in [0, 0.1) is 5.82 Å². The molecule has 19 heavy (non-hydrogen) atoms. The predicted molar refractivity (Wildman–Crippen MR) is 69.9 cm³/mol. The summed E-state index contributed by atoms with van der Waals surface area (Å²) in [6.07, 6.45) is 2.26. The number of thioether (sulfide) groups is 1. The van der Waals surface area contributed by atoms with Crippen molar-refractivity contribution in [3.63, 3.8) is 0 Å². The van der Waals surface area contributed by atoms with Crippen LogP contribution < -0.4 is 5.73 Å². The number of nitrogens with zero attached hydrogens (tertiary/aromatic N) is 4. The number of rotatable bonds is 5. The van der Waals surface area contributed by atoms with Crippen LogP contribution in [0.2, 0.25) is 0 Å². The fourth-order valence-corrected chi connectivity index (χ4v) is 2.86. The first kappa shape index (κ1) is 12.6. The predicted octanol–water partition coefficient (Wildman–Crippen LogP) is 1.90. The van der Waals surface area contributed by atoms with E-state index in [4.69, 9.17) is 5.73 Å². The monoisotopic (exact) mass is 279 g/mol. The van der Waals surface area contributed by atoms with Crippen molar-refractivity contribution in [3.8, 4) is 0 Å². The van der Waals surface area contributed by atoms with E-state index in [1.807, 2.05) is 4.68 Å². The Labute approximate surface area is 114 Å². The summed E-state index contributed by atoms with van der Waals surface area (Å²) in [5.41, 5.74) is 7.52. The van der Waals surface area contributed by atoms with E-state index in [-0.39, 0.29) is 5.82 Å². The van der Waals surface area contributed by atoms with Gasteiger partial charge in [0, 0.05) is 12.3 Å². The van der Waals surface area contributed by atoms with Crippen molar-refractivity contribution < 1.29 is 4.39 Å². The molecule has 0 aliphatic heterocycles. The molecule has 2 N–H and O–H groups in total. The lowest BCUT2D eigenvalue weighted by molar-refractivity contribution is 0.565. The maximum atomic E-state index is 13.3. The van der Waals surface area contributed by atoms with E-state index >= 15 is 0 Å². The average Bonchev–Trinajstić information content (AvgIpc) is 3.15. The zero-order valence-corrected chi connectivity index (χ0v) is 11.1. The summed E-state index contributed by atoms with van der Waals surface area (Å²) in [5.74, 6) is 0.381. The number of benzene rings is 1. The van der Waals surface area contributed by atoms with E-state index in [0.29, 0.717) is 18.3 Å². The Morgan fingerprint density at radius 3 is 2.95 bits per heavy atom. The second-order valence-corrected chi connectivity index (χ2v) is 5.49. The molecule has 1 aromatic heterocycles. The largest absolute Gasteiger partial charge is 0.326 e. The second-order valence-electron chi connectivity index (χ2n) is 4.54. The number of tetrazole rings is 1. The lowest BCUT2D eigenvalue weighted by Crippen LogP contribution is -2.02. The molecular weight excluding hydrogens is 265 g/mol. The van der Waals surface area contributed by atoms with E-state index < -0.39 is 0 Å². The molecule has 1 aliphatic rings. The van der Waals surface area contributed by atoms with Crippen LogP contribution in [-0.2, 0) is 12.3 Å². The minimum Gasteiger partial charge on any atom is -0.326 e. The van der Waals surface area contributed by atoms with Crippen molar-refractivity contribution in [2.45, 2.75) is 36.3 Å². The molecule has 0 spiro atoms.